The Bertz CT molecular complexity index is 612. The molecule has 0 amide bonds. The second kappa shape index (κ2) is 5.73. The van der Waals surface area contributed by atoms with Gasteiger partial charge in [-0.15, -0.1) is 0 Å². The first-order chi connectivity index (χ1) is 9.78. The minimum atomic E-state index is -0.00981. The van der Waals surface area contributed by atoms with Gasteiger partial charge in [0.2, 0.25) is 6.79 Å². The molecule has 1 aliphatic heterocycles. The zero-order valence-corrected chi connectivity index (χ0v) is 11.6. The molecular weight excluding hydrogens is 276 g/mol. The van der Waals surface area contributed by atoms with Gasteiger partial charge in [0.05, 0.1) is 6.61 Å². The van der Waals surface area contributed by atoms with Crippen molar-refractivity contribution in [1.29, 1.82) is 0 Å². The van der Waals surface area contributed by atoms with Crippen molar-refractivity contribution in [2.24, 2.45) is 0 Å². The van der Waals surface area contributed by atoms with E-state index < -0.39 is 0 Å². The van der Waals surface area contributed by atoms with Gasteiger partial charge in [0.15, 0.2) is 11.5 Å². The maximum Gasteiger partial charge on any atom is 0.231 e. The summed E-state index contributed by atoms with van der Waals surface area (Å²) in [5.41, 5.74) is 2.06. The summed E-state index contributed by atoms with van der Waals surface area (Å²) in [6, 6.07) is 13.5. The molecule has 4 heteroatoms. The lowest BCUT2D eigenvalue weighted by Crippen LogP contribution is -2.08. The van der Waals surface area contributed by atoms with E-state index >= 15 is 0 Å². The Balaban J connectivity index is 1.85. The number of ether oxygens (including phenoxy) is 2. The molecule has 0 aliphatic carbocycles. The van der Waals surface area contributed by atoms with Gasteiger partial charge in [-0.25, -0.2) is 0 Å². The summed E-state index contributed by atoms with van der Waals surface area (Å²) in [6.45, 7) is 0.317. The molecule has 0 aromatic heterocycles. The summed E-state index contributed by atoms with van der Waals surface area (Å²) < 4.78 is 10.7. The Morgan fingerprint density at radius 2 is 1.90 bits per heavy atom. The zero-order valence-electron chi connectivity index (χ0n) is 10.9. The van der Waals surface area contributed by atoms with E-state index in [2.05, 4.69) is 0 Å². The van der Waals surface area contributed by atoms with E-state index in [0.717, 1.165) is 27.6 Å². The lowest BCUT2D eigenvalue weighted by atomic mass is 9.92. The molecule has 2 aromatic rings. The van der Waals surface area contributed by atoms with Crippen LogP contribution in [0.3, 0.4) is 0 Å². The predicted octanol–water partition coefficient (Wildman–Crippen LogP) is 3.39. The largest absolute Gasteiger partial charge is 0.454 e. The van der Waals surface area contributed by atoms with Crippen LogP contribution in [0.5, 0.6) is 11.5 Å². The molecule has 1 aliphatic rings. The van der Waals surface area contributed by atoms with Crippen LogP contribution in [-0.4, -0.2) is 18.5 Å². The van der Waals surface area contributed by atoms with E-state index in [1.54, 1.807) is 0 Å². The van der Waals surface area contributed by atoms with E-state index in [1.165, 1.54) is 0 Å². The molecule has 1 atom stereocenters. The van der Waals surface area contributed by atoms with Crippen LogP contribution in [0, 0.1) is 0 Å². The maximum atomic E-state index is 9.67. The third-order valence-corrected chi connectivity index (χ3v) is 3.88. The highest BCUT2D eigenvalue weighted by Crippen LogP contribution is 2.35. The summed E-state index contributed by atoms with van der Waals surface area (Å²) in [6.07, 6.45) is 0.690. The summed E-state index contributed by atoms with van der Waals surface area (Å²) in [5, 5.41) is 10.4. The van der Waals surface area contributed by atoms with Gasteiger partial charge in [-0.05, 0) is 35.7 Å². The Labute approximate surface area is 122 Å². The average molecular weight is 291 g/mol. The Kier molecular flexibility index (Phi) is 3.81. The van der Waals surface area contributed by atoms with Crippen LogP contribution < -0.4 is 9.47 Å². The molecule has 0 spiro atoms. The fourth-order valence-electron chi connectivity index (χ4n) is 2.38. The van der Waals surface area contributed by atoms with Gasteiger partial charge >= 0.3 is 0 Å². The van der Waals surface area contributed by atoms with Crippen LogP contribution in [0.25, 0.3) is 0 Å². The molecule has 1 unspecified atom stereocenters. The quantitative estimate of drug-likeness (QED) is 0.938. The Hall–Kier alpha value is -1.71. The van der Waals surface area contributed by atoms with Gasteiger partial charge in [0.25, 0.3) is 0 Å². The molecule has 3 nitrogen and oxygen atoms in total. The molecule has 0 saturated heterocycles. The standard InChI is InChI=1S/C16H15ClO3/c17-14-4-2-1-3-12(14)7-13(9-18)11-5-6-15-16(8-11)20-10-19-15/h1-6,8,13,18H,7,9-10H2. The summed E-state index contributed by atoms with van der Waals surface area (Å²) in [7, 11) is 0. The topological polar surface area (TPSA) is 38.7 Å². The SMILES string of the molecule is OCC(Cc1ccccc1Cl)c1ccc2c(c1)OCO2. The van der Waals surface area contributed by atoms with E-state index in [-0.39, 0.29) is 19.3 Å². The fourth-order valence-corrected chi connectivity index (χ4v) is 2.60. The van der Waals surface area contributed by atoms with Crippen molar-refractivity contribution in [1.82, 2.24) is 0 Å². The van der Waals surface area contributed by atoms with Crippen molar-refractivity contribution in [2.45, 2.75) is 12.3 Å². The van der Waals surface area contributed by atoms with Gasteiger partial charge in [-0.3, -0.25) is 0 Å². The summed E-state index contributed by atoms with van der Waals surface area (Å²) in [4.78, 5) is 0. The van der Waals surface area contributed by atoms with Crippen LogP contribution in [0.15, 0.2) is 42.5 Å². The molecule has 0 radical (unpaired) electrons. The number of hydrogen-bond acceptors (Lipinski definition) is 3. The van der Waals surface area contributed by atoms with E-state index in [9.17, 15) is 5.11 Å². The molecule has 1 N–H and O–H groups in total. The van der Waals surface area contributed by atoms with Crippen molar-refractivity contribution >= 4 is 11.6 Å². The van der Waals surface area contributed by atoms with E-state index in [4.69, 9.17) is 21.1 Å². The number of aliphatic hydroxyl groups is 1. The molecule has 20 heavy (non-hydrogen) atoms. The van der Waals surface area contributed by atoms with Crippen molar-refractivity contribution in [2.75, 3.05) is 13.4 Å². The van der Waals surface area contributed by atoms with Gasteiger partial charge in [-0.1, -0.05) is 35.9 Å². The van der Waals surface area contributed by atoms with Crippen LogP contribution >= 0.6 is 11.6 Å². The van der Waals surface area contributed by atoms with Crippen LogP contribution in [0.1, 0.15) is 17.0 Å². The molecule has 104 valence electrons. The Morgan fingerprint density at radius 1 is 1.10 bits per heavy atom. The van der Waals surface area contributed by atoms with Gasteiger partial charge < -0.3 is 14.6 Å². The number of rotatable bonds is 4. The summed E-state index contributed by atoms with van der Waals surface area (Å²) >= 11 is 6.18. The van der Waals surface area contributed by atoms with Gasteiger partial charge in [0, 0.05) is 10.9 Å². The van der Waals surface area contributed by atoms with Gasteiger partial charge in [0.1, 0.15) is 0 Å². The number of hydrogen-bond donors (Lipinski definition) is 1. The van der Waals surface area contributed by atoms with Crippen molar-refractivity contribution < 1.29 is 14.6 Å². The van der Waals surface area contributed by atoms with Crippen molar-refractivity contribution in [3.8, 4) is 11.5 Å². The molecule has 0 bridgehead atoms. The van der Waals surface area contributed by atoms with E-state index in [0.29, 0.717) is 6.42 Å². The van der Waals surface area contributed by atoms with E-state index in [1.807, 2.05) is 42.5 Å². The maximum absolute atomic E-state index is 9.67. The molecule has 0 saturated carbocycles. The minimum Gasteiger partial charge on any atom is -0.454 e. The normalized spacial score (nSPS) is 14.3. The third-order valence-electron chi connectivity index (χ3n) is 3.51. The first kappa shape index (κ1) is 13.3. The van der Waals surface area contributed by atoms with Crippen LogP contribution in [0.2, 0.25) is 5.02 Å². The number of benzene rings is 2. The third kappa shape index (κ3) is 2.60. The first-order valence-electron chi connectivity index (χ1n) is 6.51. The molecule has 2 aromatic carbocycles. The number of fused-ring (bicyclic) bond motifs is 1. The lowest BCUT2D eigenvalue weighted by molar-refractivity contribution is 0.174. The monoisotopic (exact) mass is 290 g/mol. The molecule has 0 fully saturated rings. The highest BCUT2D eigenvalue weighted by Gasteiger charge is 2.18. The average Bonchev–Trinajstić information content (AvgIpc) is 2.94. The highest BCUT2D eigenvalue weighted by atomic mass is 35.5. The van der Waals surface area contributed by atoms with Crippen molar-refractivity contribution in [3.63, 3.8) is 0 Å². The second-order valence-corrected chi connectivity index (χ2v) is 5.19. The van der Waals surface area contributed by atoms with Crippen LogP contribution in [-0.2, 0) is 6.42 Å². The predicted molar refractivity (Wildman–Crippen MR) is 77.5 cm³/mol. The number of aliphatic hydroxyl groups excluding tert-OH is 1. The molecular formula is C16H15ClO3. The van der Waals surface area contributed by atoms with Crippen molar-refractivity contribution in [3.05, 3.63) is 58.6 Å². The zero-order chi connectivity index (χ0) is 13.9. The van der Waals surface area contributed by atoms with Gasteiger partial charge in [-0.2, -0.15) is 0 Å². The molecule has 1 heterocycles. The first-order valence-corrected chi connectivity index (χ1v) is 6.89. The second-order valence-electron chi connectivity index (χ2n) is 4.79. The lowest BCUT2D eigenvalue weighted by Gasteiger charge is -2.16. The summed E-state index contributed by atoms with van der Waals surface area (Å²) in [5.74, 6) is 1.48. The highest BCUT2D eigenvalue weighted by molar-refractivity contribution is 6.31. The fraction of sp³-hybridized carbons (Fsp3) is 0.250. The molecule has 3 rings (SSSR count). The smallest absolute Gasteiger partial charge is 0.231 e. The minimum absolute atomic E-state index is 0.00981. The number of halogens is 1. The Morgan fingerprint density at radius 3 is 2.70 bits per heavy atom. The van der Waals surface area contributed by atoms with Crippen LogP contribution in [0.4, 0.5) is 0 Å².